The first kappa shape index (κ1) is 18.7. The van der Waals surface area contributed by atoms with Crippen LogP contribution in [0.4, 0.5) is 10.5 Å². The van der Waals surface area contributed by atoms with Crippen molar-refractivity contribution in [2.24, 2.45) is 5.92 Å². The van der Waals surface area contributed by atoms with Gasteiger partial charge in [0.2, 0.25) is 0 Å². The summed E-state index contributed by atoms with van der Waals surface area (Å²) in [5.41, 5.74) is 1.37. The van der Waals surface area contributed by atoms with E-state index < -0.39 is 11.7 Å². The topological polar surface area (TPSA) is 70.6 Å². The summed E-state index contributed by atoms with van der Waals surface area (Å²) in [5.74, 6) is 0.476. The van der Waals surface area contributed by atoms with Gasteiger partial charge in [-0.1, -0.05) is 12.1 Å². The van der Waals surface area contributed by atoms with E-state index in [0.717, 1.165) is 43.5 Å². The number of hydrogen-bond donors (Lipinski definition) is 3. The van der Waals surface area contributed by atoms with Crippen molar-refractivity contribution in [2.75, 3.05) is 11.9 Å². The molecule has 0 unspecified atom stereocenters. The molecule has 0 radical (unpaired) electrons. The van der Waals surface area contributed by atoms with Gasteiger partial charge in [-0.3, -0.25) is 5.32 Å². The number of hydrogen-bond acceptors (Lipinski definition) is 4. The summed E-state index contributed by atoms with van der Waals surface area (Å²) in [6.07, 6.45) is 3.97. The second kappa shape index (κ2) is 8.49. The monoisotopic (exact) mass is 334 g/mol. The van der Waals surface area contributed by atoms with E-state index in [-0.39, 0.29) is 0 Å². The maximum atomic E-state index is 11.8. The molecule has 0 spiro atoms. The van der Waals surface area contributed by atoms with Gasteiger partial charge in [0, 0.05) is 24.9 Å². The molecule has 5 heteroatoms. The predicted octanol–water partition coefficient (Wildman–Crippen LogP) is 3.67. The van der Waals surface area contributed by atoms with E-state index in [1.807, 2.05) is 45.0 Å². The molecular weight excluding hydrogens is 304 g/mol. The first-order valence-corrected chi connectivity index (χ1v) is 8.79. The molecule has 0 heterocycles. The van der Waals surface area contributed by atoms with Gasteiger partial charge in [0.25, 0.3) is 0 Å². The highest BCUT2D eigenvalue weighted by atomic mass is 16.6. The molecule has 0 saturated heterocycles. The fourth-order valence-corrected chi connectivity index (χ4v) is 2.99. The van der Waals surface area contributed by atoms with Crippen LogP contribution in [0, 0.1) is 5.92 Å². The number of carbonyl (C=O) groups is 1. The molecular formula is C19H30N2O3. The average Bonchev–Trinajstić information content (AvgIpc) is 2.52. The molecule has 1 aliphatic carbocycles. The number of nitrogens with one attached hydrogen (secondary N) is 2. The lowest BCUT2D eigenvalue weighted by Gasteiger charge is -2.28. The van der Waals surface area contributed by atoms with Crippen LogP contribution in [0.2, 0.25) is 0 Å². The Labute approximate surface area is 144 Å². The van der Waals surface area contributed by atoms with Crippen molar-refractivity contribution in [3.05, 3.63) is 29.8 Å². The Morgan fingerprint density at radius 2 is 1.96 bits per heavy atom. The summed E-state index contributed by atoms with van der Waals surface area (Å²) in [6.45, 7) is 6.62. The van der Waals surface area contributed by atoms with Gasteiger partial charge in [-0.2, -0.15) is 0 Å². The number of aliphatic hydroxyl groups excluding tert-OH is 1. The highest BCUT2D eigenvalue weighted by molar-refractivity contribution is 5.84. The summed E-state index contributed by atoms with van der Waals surface area (Å²) >= 11 is 0. The van der Waals surface area contributed by atoms with Crippen LogP contribution in [0.25, 0.3) is 0 Å². The summed E-state index contributed by atoms with van der Waals surface area (Å²) in [6, 6.07) is 8.32. The van der Waals surface area contributed by atoms with Crippen LogP contribution in [0.5, 0.6) is 0 Å². The summed E-state index contributed by atoms with van der Waals surface area (Å²) in [5, 5.41) is 15.5. The zero-order valence-electron chi connectivity index (χ0n) is 15.0. The lowest BCUT2D eigenvalue weighted by atomic mass is 9.86. The molecule has 1 amide bonds. The molecule has 134 valence electrons. The van der Waals surface area contributed by atoms with E-state index in [2.05, 4.69) is 10.6 Å². The Hall–Kier alpha value is -1.59. The lowest BCUT2D eigenvalue weighted by molar-refractivity contribution is 0.0636. The van der Waals surface area contributed by atoms with Crippen LogP contribution in [-0.4, -0.2) is 29.4 Å². The van der Waals surface area contributed by atoms with Gasteiger partial charge in [0.1, 0.15) is 5.60 Å². The van der Waals surface area contributed by atoms with Crippen molar-refractivity contribution < 1.29 is 14.6 Å². The summed E-state index contributed by atoms with van der Waals surface area (Å²) in [7, 11) is 0. The molecule has 5 nitrogen and oxygen atoms in total. The molecule has 1 saturated carbocycles. The van der Waals surface area contributed by atoms with Crippen LogP contribution >= 0.6 is 0 Å². The highest BCUT2D eigenvalue weighted by Gasteiger charge is 2.20. The van der Waals surface area contributed by atoms with Crippen molar-refractivity contribution in [3.63, 3.8) is 0 Å². The minimum atomic E-state index is -0.503. The zero-order chi connectivity index (χ0) is 17.6. The van der Waals surface area contributed by atoms with Crippen molar-refractivity contribution in [1.29, 1.82) is 0 Å². The average molecular weight is 334 g/mol. The Morgan fingerprint density at radius 1 is 1.25 bits per heavy atom. The number of amides is 1. The summed E-state index contributed by atoms with van der Waals surface area (Å²) < 4.78 is 5.27. The quantitative estimate of drug-likeness (QED) is 0.768. The Bertz CT molecular complexity index is 532. The molecule has 3 N–H and O–H groups in total. The molecule has 1 aromatic rings. The van der Waals surface area contributed by atoms with Gasteiger partial charge < -0.3 is 15.2 Å². The predicted molar refractivity (Wildman–Crippen MR) is 96.0 cm³/mol. The maximum absolute atomic E-state index is 11.8. The third kappa shape index (κ3) is 6.49. The number of ether oxygens (including phenoxy) is 1. The second-order valence-corrected chi connectivity index (χ2v) is 7.61. The normalized spacial score (nSPS) is 21.3. The van der Waals surface area contributed by atoms with Crippen LogP contribution in [-0.2, 0) is 11.3 Å². The van der Waals surface area contributed by atoms with Gasteiger partial charge in [-0.05, 0) is 70.1 Å². The third-order valence-electron chi connectivity index (χ3n) is 4.27. The van der Waals surface area contributed by atoms with E-state index in [1.165, 1.54) is 0 Å². The minimum Gasteiger partial charge on any atom is -0.444 e. The van der Waals surface area contributed by atoms with Gasteiger partial charge in [0.15, 0.2) is 0 Å². The summed E-state index contributed by atoms with van der Waals surface area (Å²) in [4.78, 5) is 11.8. The first-order chi connectivity index (χ1) is 11.4. The number of benzene rings is 1. The molecule has 0 aliphatic heterocycles. The van der Waals surface area contributed by atoms with Gasteiger partial charge in [-0.25, -0.2) is 4.79 Å². The van der Waals surface area contributed by atoms with Crippen molar-refractivity contribution >= 4 is 11.8 Å². The van der Waals surface area contributed by atoms with Gasteiger partial charge in [0.05, 0.1) is 0 Å². The molecule has 1 aromatic carbocycles. The number of aliphatic hydroxyl groups is 1. The smallest absolute Gasteiger partial charge is 0.412 e. The first-order valence-electron chi connectivity index (χ1n) is 8.79. The Balaban J connectivity index is 1.81. The second-order valence-electron chi connectivity index (χ2n) is 7.61. The maximum Gasteiger partial charge on any atom is 0.412 e. The molecule has 24 heavy (non-hydrogen) atoms. The van der Waals surface area contributed by atoms with Crippen molar-refractivity contribution in [3.8, 4) is 0 Å². The molecule has 2 rings (SSSR count). The van der Waals surface area contributed by atoms with Gasteiger partial charge in [-0.15, -0.1) is 0 Å². The van der Waals surface area contributed by atoms with E-state index in [4.69, 9.17) is 4.74 Å². The third-order valence-corrected chi connectivity index (χ3v) is 4.27. The van der Waals surface area contributed by atoms with Crippen LogP contribution in [0.3, 0.4) is 0 Å². The van der Waals surface area contributed by atoms with Crippen molar-refractivity contribution in [2.45, 2.75) is 64.6 Å². The number of carbonyl (C=O) groups excluding carboxylic acids is 1. The van der Waals surface area contributed by atoms with E-state index in [9.17, 15) is 9.90 Å². The minimum absolute atomic E-state index is 0.311. The Kier molecular flexibility index (Phi) is 6.63. The molecule has 1 aliphatic rings. The fourth-order valence-electron chi connectivity index (χ4n) is 2.99. The SMILES string of the molecule is CC(C)(C)OC(=O)Nc1cccc(CN[C@H]2CC[C@H](CO)CC2)c1. The Morgan fingerprint density at radius 3 is 2.58 bits per heavy atom. The van der Waals surface area contributed by atoms with Crippen molar-refractivity contribution in [1.82, 2.24) is 5.32 Å². The molecule has 0 aromatic heterocycles. The molecule has 0 bridgehead atoms. The molecule has 0 atom stereocenters. The number of anilines is 1. The fraction of sp³-hybridized carbons (Fsp3) is 0.632. The van der Waals surface area contributed by atoms with E-state index >= 15 is 0 Å². The number of rotatable bonds is 5. The lowest BCUT2D eigenvalue weighted by Crippen LogP contribution is -2.33. The van der Waals surface area contributed by atoms with E-state index in [1.54, 1.807) is 0 Å². The van der Waals surface area contributed by atoms with Crippen LogP contribution in [0.15, 0.2) is 24.3 Å². The van der Waals surface area contributed by atoms with Crippen LogP contribution < -0.4 is 10.6 Å². The largest absolute Gasteiger partial charge is 0.444 e. The van der Waals surface area contributed by atoms with Gasteiger partial charge >= 0.3 is 6.09 Å². The van der Waals surface area contributed by atoms with Crippen LogP contribution in [0.1, 0.15) is 52.0 Å². The highest BCUT2D eigenvalue weighted by Crippen LogP contribution is 2.24. The molecule has 1 fully saturated rings. The standard InChI is InChI=1S/C19H30N2O3/c1-19(2,3)24-18(23)21-17-6-4-5-15(11-17)12-20-16-9-7-14(13-22)8-10-16/h4-6,11,14,16,20,22H,7-10,12-13H2,1-3H3,(H,21,23)/t14-,16-. The van der Waals surface area contributed by atoms with E-state index in [0.29, 0.717) is 18.6 Å². The zero-order valence-corrected chi connectivity index (χ0v) is 15.0.